The quantitative estimate of drug-likeness (QED) is 0.429. The van der Waals surface area contributed by atoms with Crippen LogP contribution in [0.4, 0.5) is 5.69 Å². The smallest absolute Gasteiger partial charge is 0.241 e. The van der Waals surface area contributed by atoms with Crippen LogP contribution in [0.5, 0.6) is 5.75 Å². The molecule has 28 heavy (non-hydrogen) atoms. The van der Waals surface area contributed by atoms with Crippen molar-refractivity contribution >= 4 is 17.4 Å². The van der Waals surface area contributed by atoms with Gasteiger partial charge < -0.3 is 26.8 Å². The van der Waals surface area contributed by atoms with Gasteiger partial charge in [0.2, 0.25) is 5.91 Å². The van der Waals surface area contributed by atoms with Crippen molar-refractivity contribution in [1.29, 1.82) is 0 Å². The molecule has 1 unspecified atom stereocenters. The maximum absolute atomic E-state index is 12.8. The number of ether oxygens (including phenoxy) is 1. The monoisotopic (exact) mass is 392 g/mol. The molecule has 0 aliphatic heterocycles. The Morgan fingerprint density at radius 2 is 1.82 bits per heavy atom. The Morgan fingerprint density at radius 3 is 2.32 bits per heavy atom. The lowest BCUT2D eigenvalue weighted by molar-refractivity contribution is -0.118. The van der Waals surface area contributed by atoms with E-state index in [1.54, 1.807) is 32.0 Å². The standard InChI is InChI=1S/C21H36N4O3/c1-13(2)11-17(24-14(3)4)20(27)25-15-7-8-18(28-10-9-22)16(12-15)19(26)21(5,6)23/h7-8,12-14,17,24H,9-11,22-23H2,1-6H3,(H,25,27). The topological polar surface area (TPSA) is 119 Å². The second-order valence-electron chi connectivity index (χ2n) is 8.39. The van der Waals surface area contributed by atoms with Gasteiger partial charge in [-0.3, -0.25) is 9.59 Å². The molecule has 0 aliphatic rings. The van der Waals surface area contributed by atoms with Crippen LogP contribution in [0.15, 0.2) is 18.2 Å². The van der Waals surface area contributed by atoms with Crippen molar-refractivity contribution in [1.82, 2.24) is 5.32 Å². The zero-order chi connectivity index (χ0) is 21.5. The molecule has 0 spiro atoms. The molecule has 7 heteroatoms. The summed E-state index contributed by atoms with van der Waals surface area (Å²) in [5, 5.41) is 6.20. The molecule has 1 rings (SSSR count). The predicted molar refractivity (Wildman–Crippen MR) is 114 cm³/mol. The molecule has 1 amide bonds. The maximum Gasteiger partial charge on any atom is 0.241 e. The molecule has 0 bridgehead atoms. The van der Waals surface area contributed by atoms with Crippen molar-refractivity contribution in [2.24, 2.45) is 17.4 Å². The predicted octanol–water partition coefficient (Wildman–Crippen LogP) is 2.30. The van der Waals surface area contributed by atoms with Gasteiger partial charge in [0, 0.05) is 18.3 Å². The SMILES string of the molecule is CC(C)CC(NC(C)C)C(=O)Nc1ccc(OCCN)c(C(=O)C(C)(C)N)c1. The molecule has 0 fully saturated rings. The molecule has 0 aliphatic carbocycles. The Kier molecular flexibility index (Phi) is 9.07. The van der Waals surface area contributed by atoms with E-state index in [1.165, 1.54) is 0 Å². The average molecular weight is 393 g/mol. The molecule has 6 N–H and O–H groups in total. The lowest BCUT2D eigenvalue weighted by Crippen LogP contribution is -2.44. The summed E-state index contributed by atoms with van der Waals surface area (Å²) in [6.07, 6.45) is 0.712. The van der Waals surface area contributed by atoms with Gasteiger partial charge >= 0.3 is 0 Å². The second-order valence-corrected chi connectivity index (χ2v) is 8.39. The molecule has 1 atom stereocenters. The Bertz CT molecular complexity index is 656. The average Bonchev–Trinajstić information content (AvgIpc) is 2.57. The van der Waals surface area contributed by atoms with E-state index in [4.69, 9.17) is 16.2 Å². The summed E-state index contributed by atoms with van der Waals surface area (Å²) in [5.74, 6) is 0.369. The third-order valence-electron chi connectivity index (χ3n) is 4.01. The Labute approximate surface area is 168 Å². The summed E-state index contributed by atoms with van der Waals surface area (Å²) in [4.78, 5) is 25.5. The van der Waals surface area contributed by atoms with E-state index in [9.17, 15) is 9.59 Å². The number of carbonyl (C=O) groups excluding carboxylic acids is 2. The lowest BCUT2D eigenvalue weighted by atomic mass is 9.93. The highest BCUT2D eigenvalue weighted by atomic mass is 16.5. The highest BCUT2D eigenvalue weighted by molar-refractivity contribution is 6.06. The minimum Gasteiger partial charge on any atom is -0.492 e. The molecule has 0 heterocycles. The van der Waals surface area contributed by atoms with E-state index in [2.05, 4.69) is 24.5 Å². The van der Waals surface area contributed by atoms with Gasteiger partial charge in [0.1, 0.15) is 12.4 Å². The van der Waals surface area contributed by atoms with Crippen LogP contribution in [0, 0.1) is 5.92 Å². The molecular formula is C21H36N4O3. The van der Waals surface area contributed by atoms with Crippen LogP contribution in [0.1, 0.15) is 58.3 Å². The number of benzene rings is 1. The Morgan fingerprint density at radius 1 is 1.18 bits per heavy atom. The fourth-order valence-corrected chi connectivity index (χ4v) is 2.78. The number of ketones is 1. The van der Waals surface area contributed by atoms with Gasteiger partial charge in [0.25, 0.3) is 0 Å². The second kappa shape index (κ2) is 10.5. The van der Waals surface area contributed by atoms with E-state index in [0.717, 1.165) is 0 Å². The molecule has 0 saturated heterocycles. The van der Waals surface area contributed by atoms with E-state index < -0.39 is 5.54 Å². The highest BCUT2D eigenvalue weighted by Crippen LogP contribution is 2.26. The van der Waals surface area contributed by atoms with Crippen LogP contribution in [0.2, 0.25) is 0 Å². The third kappa shape index (κ3) is 7.58. The fourth-order valence-electron chi connectivity index (χ4n) is 2.78. The van der Waals surface area contributed by atoms with Crippen LogP contribution in [0.3, 0.4) is 0 Å². The number of carbonyl (C=O) groups is 2. The minimum atomic E-state index is -1.07. The number of hydrogen-bond donors (Lipinski definition) is 4. The summed E-state index contributed by atoms with van der Waals surface area (Å²) < 4.78 is 5.59. The van der Waals surface area contributed by atoms with Crippen LogP contribution < -0.4 is 26.8 Å². The van der Waals surface area contributed by atoms with Crippen LogP contribution in [-0.2, 0) is 4.79 Å². The molecule has 0 radical (unpaired) electrons. The van der Waals surface area contributed by atoms with Gasteiger partial charge in [0.05, 0.1) is 17.1 Å². The molecule has 0 aromatic heterocycles. The van der Waals surface area contributed by atoms with E-state index >= 15 is 0 Å². The first-order valence-electron chi connectivity index (χ1n) is 9.83. The van der Waals surface area contributed by atoms with Crippen molar-refractivity contribution < 1.29 is 14.3 Å². The summed E-state index contributed by atoms with van der Waals surface area (Å²) >= 11 is 0. The van der Waals surface area contributed by atoms with E-state index in [-0.39, 0.29) is 30.4 Å². The van der Waals surface area contributed by atoms with Crippen molar-refractivity contribution in [2.45, 2.75) is 65.6 Å². The number of anilines is 1. The van der Waals surface area contributed by atoms with Crippen molar-refractivity contribution in [3.05, 3.63) is 23.8 Å². The summed E-state index contributed by atoms with van der Waals surface area (Å²) in [5.41, 5.74) is 11.3. The molecular weight excluding hydrogens is 356 g/mol. The summed E-state index contributed by atoms with van der Waals surface area (Å²) in [6.45, 7) is 12.0. The van der Waals surface area contributed by atoms with Gasteiger partial charge in [-0.2, -0.15) is 0 Å². The van der Waals surface area contributed by atoms with Gasteiger partial charge in [0.15, 0.2) is 5.78 Å². The van der Waals surface area contributed by atoms with Crippen LogP contribution in [-0.4, -0.2) is 42.5 Å². The van der Waals surface area contributed by atoms with Crippen LogP contribution in [0.25, 0.3) is 0 Å². The minimum absolute atomic E-state index is 0.136. The number of Topliss-reactive ketones (excluding diaryl/α,β-unsaturated/α-hetero) is 1. The Balaban J connectivity index is 3.12. The first-order valence-corrected chi connectivity index (χ1v) is 9.83. The molecule has 7 nitrogen and oxygen atoms in total. The van der Waals surface area contributed by atoms with Gasteiger partial charge in [-0.1, -0.05) is 27.7 Å². The summed E-state index contributed by atoms with van der Waals surface area (Å²) in [7, 11) is 0. The van der Waals surface area contributed by atoms with Crippen LogP contribution >= 0.6 is 0 Å². The van der Waals surface area contributed by atoms with Crippen molar-refractivity contribution in [2.75, 3.05) is 18.5 Å². The number of amides is 1. The molecule has 158 valence electrons. The molecule has 0 saturated carbocycles. The normalized spacial score (nSPS) is 12.9. The zero-order valence-corrected chi connectivity index (χ0v) is 18.0. The number of nitrogens with one attached hydrogen (secondary N) is 2. The van der Waals surface area contributed by atoms with Gasteiger partial charge in [-0.15, -0.1) is 0 Å². The number of hydrogen-bond acceptors (Lipinski definition) is 6. The molecule has 1 aromatic rings. The zero-order valence-electron chi connectivity index (χ0n) is 18.0. The number of rotatable bonds is 11. The summed E-state index contributed by atoms with van der Waals surface area (Å²) in [6, 6.07) is 4.85. The van der Waals surface area contributed by atoms with Crippen molar-refractivity contribution in [3.8, 4) is 5.75 Å². The first-order chi connectivity index (χ1) is 13.0. The van der Waals surface area contributed by atoms with Crippen molar-refractivity contribution in [3.63, 3.8) is 0 Å². The third-order valence-corrected chi connectivity index (χ3v) is 4.01. The van der Waals surface area contributed by atoms with E-state index in [0.29, 0.717) is 35.9 Å². The lowest BCUT2D eigenvalue weighted by Gasteiger charge is -2.23. The molecule has 1 aromatic carbocycles. The number of nitrogens with two attached hydrogens (primary N) is 2. The Hall–Kier alpha value is -1.96. The highest BCUT2D eigenvalue weighted by Gasteiger charge is 2.27. The van der Waals surface area contributed by atoms with Gasteiger partial charge in [-0.05, 0) is 44.4 Å². The van der Waals surface area contributed by atoms with E-state index in [1.807, 2.05) is 13.8 Å². The fraction of sp³-hybridized carbons (Fsp3) is 0.619. The first kappa shape index (κ1) is 24.1. The largest absolute Gasteiger partial charge is 0.492 e. The van der Waals surface area contributed by atoms with Gasteiger partial charge in [-0.25, -0.2) is 0 Å². The maximum atomic E-state index is 12.8.